The Morgan fingerprint density at radius 2 is 1.94 bits per heavy atom. The second-order valence-electron chi connectivity index (χ2n) is 7.36. The molecule has 170 valence electrons. The van der Waals surface area contributed by atoms with E-state index in [-0.39, 0.29) is 11.3 Å². The second-order valence-corrected chi connectivity index (χ2v) is 8.39. The SMILES string of the molecule is Cc1ccc(Sc2nccn3c(=O)n(CC(=O)Nc4cccc(C(F)(F)F)c4)nc23)c(C)c1. The minimum Gasteiger partial charge on any atom is -0.324 e. The summed E-state index contributed by atoms with van der Waals surface area (Å²) in [5, 5.41) is 7.09. The second kappa shape index (κ2) is 8.74. The quantitative estimate of drug-likeness (QED) is 0.467. The van der Waals surface area contributed by atoms with Crippen molar-refractivity contribution in [3.63, 3.8) is 0 Å². The van der Waals surface area contributed by atoms with E-state index in [2.05, 4.69) is 15.4 Å². The van der Waals surface area contributed by atoms with E-state index in [1.165, 1.54) is 40.7 Å². The van der Waals surface area contributed by atoms with Crippen molar-refractivity contribution in [1.82, 2.24) is 19.2 Å². The van der Waals surface area contributed by atoms with E-state index in [1.807, 2.05) is 32.0 Å². The monoisotopic (exact) mass is 473 g/mol. The number of hydrogen-bond acceptors (Lipinski definition) is 5. The van der Waals surface area contributed by atoms with Crippen LogP contribution in [-0.2, 0) is 17.5 Å². The number of rotatable bonds is 5. The minimum absolute atomic E-state index is 0.0283. The van der Waals surface area contributed by atoms with Gasteiger partial charge in [0.15, 0.2) is 5.65 Å². The van der Waals surface area contributed by atoms with Crippen LogP contribution in [0.25, 0.3) is 5.65 Å². The maximum absolute atomic E-state index is 12.9. The molecule has 0 aliphatic rings. The lowest BCUT2D eigenvalue weighted by Gasteiger charge is -2.09. The largest absolute Gasteiger partial charge is 0.416 e. The van der Waals surface area contributed by atoms with Gasteiger partial charge in [0.05, 0.1) is 5.56 Å². The van der Waals surface area contributed by atoms with Crippen LogP contribution in [0.4, 0.5) is 18.9 Å². The topological polar surface area (TPSA) is 81.3 Å². The molecule has 2 heterocycles. The Hall–Kier alpha value is -3.60. The van der Waals surface area contributed by atoms with E-state index >= 15 is 0 Å². The van der Waals surface area contributed by atoms with Gasteiger partial charge in [-0.05, 0) is 43.7 Å². The summed E-state index contributed by atoms with van der Waals surface area (Å²) in [4.78, 5) is 30.4. The Bertz CT molecular complexity index is 1410. The number of benzene rings is 2. The van der Waals surface area contributed by atoms with Crippen LogP contribution in [0.2, 0.25) is 0 Å². The molecule has 0 bridgehead atoms. The van der Waals surface area contributed by atoms with Gasteiger partial charge in [-0.15, -0.1) is 5.10 Å². The maximum atomic E-state index is 12.9. The van der Waals surface area contributed by atoms with E-state index in [0.29, 0.717) is 5.03 Å². The smallest absolute Gasteiger partial charge is 0.324 e. The number of carbonyl (C=O) groups excluding carboxylic acids is 1. The number of nitrogens with zero attached hydrogens (tertiary/aromatic N) is 4. The number of anilines is 1. The molecular formula is C22H18F3N5O2S. The molecule has 0 atom stereocenters. The predicted octanol–water partition coefficient (Wildman–Crippen LogP) is 4.32. The summed E-state index contributed by atoms with van der Waals surface area (Å²) in [5.41, 5.74) is 0.971. The first-order valence-corrected chi connectivity index (χ1v) is 10.6. The number of aryl methyl sites for hydroxylation is 2. The molecule has 4 rings (SSSR count). The van der Waals surface area contributed by atoms with E-state index in [9.17, 15) is 22.8 Å². The molecule has 2 aromatic carbocycles. The Labute approximate surface area is 190 Å². The van der Waals surface area contributed by atoms with Crippen LogP contribution in [0, 0.1) is 13.8 Å². The number of fused-ring (bicyclic) bond motifs is 1. The van der Waals surface area contributed by atoms with Gasteiger partial charge in [-0.2, -0.15) is 13.2 Å². The fraction of sp³-hybridized carbons (Fsp3) is 0.182. The molecule has 4 aromatic rings. The van der Waals surface area contributed by atoms with Crippen LogP contribution >= 0.6 is 11.8 Å². The molecule has 0 unspecified atom stereocenters. The van der Waals surface area contributed by atoms with Gasteiger partial charge in [0, 0.05) is 23.0 Å². The molecule has 0 aliphatic carbocycles. The highest BCUT2D eigenvalue weighted by atomic mass is 32.2. The molecule has 0 saturated heterocycles. The number of hydrogen-bond donors (Lipinski definition) is 1. The Balaban J connectivity index is 1.58. The number of halogens is 3. The van der Waals surface area contributed by atoms with Crippen molar-refractivity contribution in [1.29, 1.82) is 0 Å². The van der Waals surface area contributed by atoms with Gasteiger partial charge >= 0.3 is 11.9 Å². The van der Waals surface area contributed by atoms with Crippen LogP contribution in [-0.4, -0.2) is 25.1 Å². The minimum atomic E-state index is -4.53. The third-order valence-corrected chi connectivity index (χ3v) is 5.93. The van der Waals surface area contributed by atoms with Crippen molar-refractivity contribution in [2.75, 3.05) is 5.32 Å². The summed E-state index contributed by atoms with van der Waals surface area (Å²) in [6.07, 6.45) is -1.62. The summed E-state index contributed by atoms with van der Waals surface area (Å²) < 4.78 is 40.9. The number of aromatic nitrogens is 4. The summed E-state index contributed by atoms with van der Waals surface area (Å²) in [6.45, 7) is 3.49. The molecule has 2 aromatic heterocycles. The number of nitrogens with one attached hydrogen (secondary N) is 1. The highest BCUT2D eigenvalue weighted by Crippen LogP contribution is 2.32. The Morgan fingerprint density at radius 3 is 2.67 bits per heavy atom. The van der Waals surface area contributed by atoms with Crippen LogP contribution in [0.3, 0.4) is 0 Å². The fourth-order valence-electron chi connectivity index (χ4n) is 3.23. The third-order valence-electron chi connectivity index (χ3n) is 4.77. The third kappa shape index (κ3) is 4.92. The Morgan fingerprint density at radius 1 is 1.15 bits per heavy atom. The molecule has 11 heteroatoms. The van der Waals surface area contributed by atoms with Crippen molar-refractivity contribution >= 4 is 29.0 Å². The standard InChI is InChI=1S/C22H18F3N5O2S/c1-13-6-7-17(14(2)10-13)33-20-19-28-30(21(32)29(19)9-8-26-20)12-18(31)27-16-5-3-4-15(11-16)22(23,24)25/h3-11H,12H2,1-2H3,(H,27,31). The van der Waals surface area contributed by atoms with Crippen molar-refractivity contribution in [3.05, 3.63) is 82.0 Å². The lowest BCUT2D eigenvalue weighted by molar-refractivity contribution is -0.137. The summed E-state index contributed by atoms with van der Waals surface area (Å²) in [5.74, 6) is -0.684. The van der Waals surface area contributed by atoms with E-state index in [4.69, 9.17) is 0 Å². The number of alkyl halides is 3. The molecule has 1 N–H and O–H groups in total. The fourth-order valence-corrected chi connectivity index (χ4v) is 4.14. The van der Waals surface area contributed by atoms with Crippen LogP contribution in [0.1, 0.15) is 16.7 Å². The highest BCUT2D eigenvalue weighted by Gasteiger charge is 2.30. The van der Waals surface area contributed by atoms with Gasteiger partial charge in [0.25, 0.3) is 0 Å². The van der Waals surface area contributed by atoms with Gasteiger partial charge in [0.2, 0.25) is 5.91 Å². The number of carbonyl (C=O) groups is 1. The van der Waals surface area contributed by atoms with Crippen LogP contribution in [0.5, 0.6) is 0 Å². The van der Waals surface area contributed by atoms with Crippen LogP contribution < -0.4 is 11.0 Å². The Kier molecular flexibility index (Phi) is 5.98. The first-order valence-electron chi connectivity index (χ1n) is 9.78. The molecule has 0 spiro atoms. The molecular weight excluding hydrogens is 455 g/mol. The molecule has 0 aliphatic heterocycles. The van der Waals surface area contributed by atoms with Gasteiger partial charge in [-0.25, -0.2) is 18.9 Å². The lowest BCUT2D eigenvalue weighted by Crippen LogP contribution is -2.28. The summed E-state index contributed by atoms with van der Waals surface area (Å²) in [6, 6.07) is 10.2. The molecule has 0 radical (unpaired) electrons. The molecule has 33 heavy (non-hydrogen) atoms. The van der Waals surface area contributed by atoms with Crippen LogP contribution in [0.15, 0.2) is 69.6 Å². The first-order chi connectivity index (χ1) is 15.6. The van der Waals surface area contributed by atoms with Crippen molar-refractivity contribution in [2.24, 2.45) is 0 Å². The van der Waals surface area contributed by atoms with E-state index in [1.54, 1.807) is 0 Å². The van der Waals surface area contributed by atoms with Gasteiger partial charge in [0.1, 0.15) is 11.6 Å². The zero-order chi connectivity index (χ0) is 23.8. The van der Waals surface area contributed by atoms with Crippen molar-refractivity contribution in [2.45, 2.75) is 36.5 Å². The molecule has 7 nitrogen and oxygen atoms in total. The zero-order valence-corrected chi connectivity index (χ0v) is 18.4. The zero-order valence-electron chi connectivity index (χ0n) is 17.6. The summed E-state index contributed by atoms with van der Waals surface area (Å²) in [7, 11) is 0. The lowest BCUT2D eigenvalue weighted by atomic mass is 10.2. The summed E-state index contributed by atoms with van der Waals surface area (Å²) >= 11 is 1.35. The molecule has 1 amide bonds. The normalized spacial score (nSPS) is 11.7. The highest BCUT2D eigenvalue weighted by molar-refractivity contribution is 7.99. The van der Waals surface area contributed by atoms with Gasteiger partial charge < -0.3 is 5.32 Å². The van der Waals surface area contributed by atoms with E-state index < -0.39 is 29.9 Å². The average molecular weight is 473 g/mol. The van der Waals surface area contributed by atoms with Crippen molar-refractivity contribution < 1.29 is 18.0 Å². The molecule has 0 saturated carbocycles. The maximum Gasteiger partial charge on any atom is 0.416 e. The van der Waals surface area contributed by atoms with Gasteiger partial charge in [-0.3, -0.25) is 4.79 Å². The van der Waals surface area contributed by atoms with E-state index in [0.717, 1.165) is 32.8 Å². The first kappa shape index (κ1) is 22.6. The average Bonchev–Trinajstić information content (AvgIpc) is 3.06. The molecule has 0 fully saturated rings. The van der Waals surface area contributed by atoms with Gasteiger partial charge in [-0.1, -0.05) is 35.5 Å². The van der Waals surface area contributed by atoms with Crippen molar-refractivity contribution in [3.8, 4) is 0 Å². The number of amides is 1. The predicted molar refractivity (Wildman–Crippen MR) is 117 cm³/mol.